The van der Waals surface area contributed by atoms with Crippen LogP contribution in [0.15, 0.2) is 42.5 Å². The van der Waals surface area contributed by atoms with Crippen molar-refractivity contribution in [2.45, 2.75) is 328 Å². The van der Waals surface area contributed by atoms with Crippen LogP contribution in [0, 0.1) is 11.5 Å². The maximum atomic E-state index is 7.12. The summed E-state index contributed by atoms with van der Waals surface area (Å²) in [5.74, 6) is 10.4. The maximum absolute atomic E-state index is 7.12. The number of hydrogen-bond acceptors (Lipinski definition) is 8. The van der Waals surface area contributed by atoms with Crippen molar-refractivity contribution in [2.24, 2.45) is 0 Å². The van der Waals surface area contributed by atoms with Gasteiger partial charge in [-0.1, -0.05) is 284 Å². The van der Waals surface area contributed by atoms with Crippen molar-refractivity contribution in [1.82, 2.24) is 0 Å². The summed E-state index contributed by atoms with van der Waals surface area (Å²) in [4.78, 5) is 0. The second kappa shape index (κ2) is 37.1. The van der Waals surface area contributed by atoms with Gasteiger partial charge >= 0.3 is 0 Å². The van der Waals surface area contributed by atoms with Crippen LogP contribution in [0.4, 0.5) is 0 Å². The Hall–Kier alpha value is -4.94. The Labute approximate surface area is 548 Å². The van der Waals surface area contributed by atoms with Crippen LogP contribution in [-0.2, 0) is 0 Å². The molecule has 4 atom stereocenters. The van der Waals surface area contributed by atoms with E-state index in [0.29, 0.717) is 0 Å². The first-order chi connectivity index (χ1) is 44.2. The Morgan fingerprint density at radius 1 is 0.278 bits per heavy atom. The van der Waals surface area contributed by atoms with Gasteiger partial charge in [-0.15, -0.1) is 5.54 Å². The van der Waals surface area contributed by atoms with E-state index in [2.05, 4.69) is 101 Å². The minimum Gasteiger partial charge on any atom is -0.457 e. The van der Waals surface area contributed by atoms with Crippen LogP contribution in [-0.4, -0.2) is 35.2 Å². The van der Waals surface area contributed by atoms with E-state index in [1.165, 1.54) is 250 Å². The summed E-state index contributed by atoms with van der Waals surface area (Å²) < 4.78 is 55.7. The first-order valence-corrected chi connectivity index (χ1v) is 41.0. The van der Waals surface area contributed by atoms with Crippen molar-refractivity contribution in [3.8, 4) is 57.5 Å². The Morgan fingerprint density at radius 2 is 0.489 bits per heavy atom. The van der Waals surface area contributed by atoms with E-state index in [0.717, 1.165) is 103 Å². The molecule has 9 heteroatoms. The van der Waals surface area contributed by atoms with Crippen LogP contribution in [0.2, 0.25) is 19.6 Å². The lowest BCUT2D eigenvalue weighted by atomic mass is 9.75. The lowest BCUT2D eigenvalue weighted by molar-refractivity contribution is 0.0982. The molecule has 496 valence electrons. The molecular weight excluding hydrogens is 1130 g/mol. The Morgan fingerprint density at radius 3 is 0.733 bits per heavy atom. The van der Waals surface area contributed by atoms with Crippen LogP contribution in [0.5, 0.6) is 46.0 Å². The quantitative estimate of drug-likeness (QED) is 0.0248. The van der Waals surface area contributed by atoms with Gasteiger partial charge in [0.2, 0.25) is 27.2 Å². The minimum atomic E-state index is -1.93. The van der Waals surface area contributed by atoms with Gasteiger partial charge in [0.1, 0.15) is 59.6 Å². The summed E-state index contributed by atoms with van der Waals surface area (Å²) in [6, 6.07) is 16.8. The Kier molecular flexibility index (Phi) is 28.6. The van der Waals surface area contributed by atoms with Gasteiger partial charge in [-0.25, -0.2) is 0 Å². The van der Waals surface area contributed by atoms with Crippen molar-refractivity contribution in [2.75, 3.05) is 27.2 Å². The third-order valence-electron chi connectivity index (χ3n) is 20.4. The molecule has 4 heterocycles. The molecule has 9 rings (SSSR count). The van der Waals surface area contributed by atoms with E-state index in [-0.39, 0.29) is 50.8 Å². The first kappa shape index (κ1) is 69.4. The zero-order chi connectivity index (χ0) is 62.8. The Bertz CT molecular complexity index is 2700. The van der Waals surface area contributed by atoms with Crippen molar-refractivity contribution in [3.05, 3.63) is 92.5 Å². The number of ether oxygens (including phenoxy) is 8. The highest BCUT2D eigenvalue weighted by molar-refractivity contribution is 6.83. The molecule has 4 aliphatic heterocycles. The molecule has 0 spiro atoms. The molecule has 1 aliphatic carbocycles. The fourth-order valence-corrected chi connectivity index (χ4v) is 15.7. The van der Waals surface area contributed by atoms with E-state index in [1.807, 2.05) is 0 Å². The number of unbranched alkanes of at least 4 members (excludes halogenated alkanes) is 32. The predicted molar refractivity (Wildman–Crippen MR) is 375 cm³/mol. The predicted octanol–water partition coefficient (Wildman–Crippen LogP) is 24.4. The summed E-state index contributed by atoms with van der Waals surface area (Å²) in [5, 5.41) is 0. The van der Waals surface area contributed by atoms with Crippen molar-refractivity contribution < 1.29 is 37.9 Å². The highest BCUT2D eigenvalue weighted by Crippen LogP contribution is 2.56. The van der Waals surface area contributed by atoms with Gasteiger partial charge in [-0.2, -0.15) is 0 Å². The number of rotatable bonds is 40. The summed E-state index contributed by atoms with van der Waals surface area (Å²) in [5.41, 5.74) is 14.4. The monoisotopic (exact) mass is 1250 g/mol. The largest absolute Gasteiger partial charge is 0.457 e. The average molecular weight is 1250 g/mol. The van der Waals surface area contributed by atoms with Crippen LogP contribution in [0.3, 0.4) is 0 Å². The average Bonchev–Trinajstić information content (AvgIpc) is 1.69. The molecule has 4 unspecified atom stereocenters. The number of hydrogen-bond donors (Lipinski definition) is 0. The molecule has 4 aromatic carbocycles. The van der Waals surface area contributed by atoms with E-state index < -0.39 is 8.07 Å². The molecule has 8 bridgehead atoms. The third kappa shape index (κ3) is 19.6. The van der Waals surface area contributed by atoms with Gasteiger partial charge in [0.25, 0.3) is 0 Å². The van der Waals surface area contributed by atoms with Crippen molar-refractivity contribution in [1.29, 1.82) is 0 Å². The topological polar surface area (TPSA) is 73.8 Å². The van der Waals surface area contributed by atoms with Crippen LogP contribution >= 0.6 is 0 Å². The molecule has 4 aromatic rings. The third-order valence-corrected chi connectivity index (χ3v) is 21.2. The van der Waals surface area contributed by atoms with E-state index in [1.54, 1.807) is 0 Å². The van der Waals surface area contributed by atoms with Crippen molar-refractivity contribution >= 4 is 8.07 Å². The van der Waals surface area contributed by atoms with E-state index >= 15 is 0 Å². The maximum Gasteiger partial charge on any atom is 0.230 e. The smallest absolute Gasteiger partial charge is 0.230 e. The molecule has 0 aromatic heterocycles. The lowest BCUT2D eigenvalue weighted by Crippen LogP contribution is -2.23. The number of benzene rings is 4. The highest BCUT2D eigenvalue weighted by atomic mass is 28.3. The zero-order valence-corrected chi connectivity index (χ0v) is 58.7. The normalized spacial score (nSPS) is 17.5. The van der Waals surface area contributed by atoms with E-state index in [4.69, 9.17) is 37.9 Å². The summed E-state index contributed by atoms with van der Waals surface area (Å²) >= 11 is 0. The van der Waals surface area contributed by atoms with Gasteiger partial charge in [-0.05, 0) is 49.9 Å². The Balaban J connectivity index is 1.24. The fourth-order valence-electron chi connectivity index (χ4n) is 15.2. The molecule has 0 saturated heterocycles. The van der Waals surface area contributed by atoms with Crippen LogP contribution in [0.1, 0.15) is 358 Å². The molecule has 90 heavy (non-hydrogen) atoms. The van der Waals surface area contributed by atoms with Gasteiger partial charge < -0.3 is 37.9 Å². The summed E-state index contributed by atoms with van der Waals surface area (Å²) in [6.45, 7) is 16.5. The molecule has 0 saturated carbocycles. The lowest BCUT2D eigenvalue weighted by Gasteiger charge is -2.35. The minimum absolute atomic E-state index is 0.00504. The molecule has 5 aliphatic rings. The molecule has 0 radical (unpaired) electrons. The summed E-state index contributed by atoms with van der Waals surface area (Å²) in [7, 11) is -1.93. The van der Waals surface area contributed by atoms with E-state index in [9.17, 15) is 0 Å². The summed E-state index contributed by atoms with van der Waals surface area (Å²) in [6.07, 6.45) is 49.6. The molecular formula is C81H120O8Si. The fraction of sp³-hybridized carbons (Fsp3) is 0.679. The second-order valence-electron chi connectivity index (χ2n) is 28.7. The second-order valence-corrected chi connectivity index (χ2v) is 33.4. The molecule has 0 N–H and O–H groups in total. The zero-order valence-electron chi connectivity index (χ0n) is 57.7. The molecule has 8 nitrogen and oxygen atoms in total. The van der Waals surface area contributed by atoms with Crippen LogP contribution < -0.4 is 37.9 Å². The SMILES string of the molecule is CCCCCCCCCCCC1c2cc3c4cc2OCOc2cc5c(cc21)C(CCCCCCCCCCC)c1cc2c(c(C#C[Si](C)(C)C)c1OCO5)OCOc1cc(c(cc1C2CCCCCCCCCCC)C3CCCCCCCCCCC)OCO4. The van der Waals surface area contributed by atoms with Gasteiger partial charge in [-0.3, -0.25) is 0 Å². The van der Waals surface area contributed by atoms with Gasteiger partial charge in [0.05, 0.1) is 0 Å². The molecule has 0 fully saturated rings. The highest BCUT2D eigenvalue weighted by Gasteiger charge is 2.39. The van der Waals surface area contributed by atoms with Gasteiger partial charge in [0.15, 0.2) is 0 Å². The van der Waals surface area contributed by atoms with Crippen molar-refractivity contribution in [3.63, 3.8) is 0 Å². The first-order valence-electron chi connectivity index (χ1n) is 37.5. The molecule has 0 amide bonds. The standard InChI is InChI=1S/C81H120O8Si/c1-8-12-16-20-24-28-32-36-40-44-61-66-50-67-62(45-41-37-33-29-25-21-17-13-9-2)69-52-71-64(47-43-39-35-31-27-23-19-15-11-4)73-53-72-63(46-42-38-34-30-26-22-18-14-10-3)70-51-68(61)76-55-78(70)86-59-88-80(72)65(48-49-90(5,6)7)81(73)89-60-87-79(71)56-77(69)85-58-83-75(67)54-74(66)82-57-84-76/h50-56,61-64H,8-47,57-60H2,1-7H3. The van der Waals surface area contributed by atoms with Crippen LogP contribution in [0.25, 0.3) is 0 Å². The van der Waals surface area contributed by atoms with Gasteiger partial charge in [0, 0.05) is 86.4 Å².